The van der Waals surface area contributed by atoms with Gasteiger partial charge in [0, 0.05) is 30.3 Å². The number of carbonyl (C=O) groups is 2. The summed E-state index contributed by atoms with van der Waals surface area (Å²) in [5.41, 5.74) is 3.42. The zero-order valence-corrected chi connectivity index (χ0v) is 15.5. The van der Waals surface area contributed by atoms with Gasteiger partial charge in [-0.3, -0.25) is 9.48 Å². The topological polar surface area (TPSA) is 73.2 Å². The standard InChI is InChI=1S/C20H25N3O3/c1-20(2,3)26-19(25)21-9-10-23-13-16(12-22-23)15-8-7-14-5-4-6-18(24)17(14)11-15/h7-8,11-13H,4-6,9-10H2,1-3H3,(H,21,25). The molecule has 1 aliphatic carbocycles. The van der Waals surface area contributed by atoms with Crippen LogP contribution in [0.1, 0.15) is 49.5 Å². The Kier molecular flexibility index (Phi) is 5.11. The van der Waals surface area contributed by atoms with Crippen LogP contribution in [-0.4, -0.2) is 33.8 Å². The van der Waals surface area contributed by atoms with Gasteiger partial charge in [0.05, 0.1) is 12.7 Å². The third-order valence-electron chi connectivity index (χ3n) is 4.24. The van der Waals surface area contributed by atoms with E-state index in [2.05, 4.69) is 10.4 Å². The molecule has 26 heavy (non-hydrogen) atoms. The van der Waals surface area contributed by atoms with Gasteiger partial charge in [-0.15, -0.1) is 0 Å². The molecule has 1 aromatic carbocycles. The lowest BCUT2D eigenvalue weighted by Gasteiger charge is -2.19. The molecular weight excluding hydrogens is 330 g/mol. The van der Waals surface area contributed by atoms with E-state index in [9.17, 15) is 9.59 Å². The van der Waals surface area contributed by atoms with Crippen molar-refractivity contribution in [1.29, 1.82) is 0 Å². The quantitative estimate of drug-likeness (QED) is 0.909. The van der Waals surface area contributed by atoms with Crippen molar-refractivity contribution in [1.82, 2.24) is 15.1 Å². The van der Waals surface area contributed by atoms with Crippen LogP contribution in [0.4, 0.5) is 4.79 Å². The summed E-state index contributed by atoms with van der Waals surface area (Å²) in [5, 5.41) is 7.05. The number of hydrogen-bond acceptors (Lipinski definition) is 4. The van der Waals surface area contributed by atoms with Crippen LogP contribution in [0.2, 0.25) is 0 Å². The minimum Gasteiger partial charge on any atom is -0.444 e. The SMILES string of the molecule is CC(C)(C)OC(=O)NCCn1cc(-c2ccc3c(c2)C(=O)CCC3)cn1. The average molecular weight is 355 g/mol. The summed E-state index contributed by atoms with van der Waals surface area (Å²) in [6.45, 7) is 6.46. The van der Waals surface area contributed by atoms with Gasteiger partial charge in [-0.05, 0) is 50.8 Å². The summed E-state index contributed by atoms with van der Waals surface area (Å²) >= 11 is 0. The number of fused-ring (bicyclic) bond motifs is 1. The molecule has 6 nitrogen and oxygen atoms in total. The van der Waals surface area contributed by atoms with Crippen molar-refractivity contribution in [2.75, 3.05) is 6.54 Å². The second-order valence-electron chi connectivity index (χ2n) is 7.57. The predicted molar refractivity (Wildman–Crippen MR) is 99.2 cm³/mol. The number of amides is 1. The van der Waals surface area contributed by atoms with E-state index < -0.39 is 11.7 Å². The Bertz CT molecular complexity index is 818. The van der Waals surface area contributed by atoms with Gasteiger partial charge in [0.1, 0.15) is 5.60 Å². The van der Waals surface area contributed by atoms with Crippen LogP contribution in [-0.2, 0) is 17.7 Å². The molecule has 0 spiro atoms. The fourth-order valence-corrected chi connectivity index (χ4v) is 3.03. The van der Waals surface area contributed by atoms with Gasteiger partial charge in [-0.1, -0.05) is 12.1 Å². The minimum absolute atomic E-state index is 0.224. The van der Waals surface area contributed by atoms with Gasteiger partial charge >= 0.3 is 6.09 Å². The average Bonchev–Trinajstić information content (AvgIpc) is 3.02. The summed E-state index contributed by atoms with van der Waals surface area (Å²) < 4.78 is 6.97. The smallest absolute Gasteiger partial charge is 0.407 e. The number of nitrogens with zero attached hydrogens (tertiary/aromatic N) is 2. The monoisotopic (exact) mass is 355 g/mol. The number of benzene rings is 1. The molecule has 0 saturated heterocycles. The van der Waals surface area contributed by atoms with Crippen LogP contribution in [0.15, 0.2) is 30.6 Å². The molecule has 0 saturated carbocycles. The molecule has 1 heterocycles. The van der Waals surface area contributed by atoms with Crippen LogP contribution in [0, 0.1) is 0 Å². The number of hydrogen-bond donors (Lipinski definition) is 1. The van der Waals surface area contributed by atoms with Crippen molar-refractivity contribution in [2.24, 2.45) is 0 Å². The fourth-order valence-electron chi connectivity index (χ4n) is 3.03. The van der Waals surface area contributed by atoms with Crippen molar-refractivity contribution in [3.63, 3.8) is 0 Å². The Morgan fingerprint density at radius 1 is 1.27 bits per heavy atom. The van der Waals surface area contributed by atoms with Gasteiger partial charge in [-0.2, -0.15) is 5.10 Å². The largest absolute Gasteiger partial charge is 0.444 e. The van der Waals surface area contributed by atoms with Crippen molar-refractivity contribution >= 4 is 11.9 Å². The second-order valence-corrected chi connectivity index (χ2v) is 7.57. The summed E-state index contributed by atoms with van der Waals surface area (Å²) in [5.74, 6) is 0.224. The number of rotatable bonds is 4. The Hall–Kier alpha value is -2.63. The highest BCUT2D eigenvalue weighted by molar-refractivity contribution is 5.99. The molecule has 0 fully saturated rings. The maximum Gasteiger partial charge on any atom is 0.407 e. The van der Waals surface area contributed by atoms with Crippen LogP contribution in [0.3, 0.4) is 0 Å². The number of alkyl carbamates (subject to hydrolysis) is 1. The molecule has 1 amide bonds. The zero-order valence-electron chi connectivity index (χ0n) is 15.5. The third-order valence-corrected chi connectivity index (χ3v) is 4.24. The highest BCUT2D eigenvalue weighted by atomic mass is 16.6. The molecule has 138 valence electrons. The van der Waals surface area contributed by atoms with Gasteiger partial charge in [0.2, 0.25) is 0 Å². The van der Waals surface area contributed by atoms with E-state index in [-0.39, 0.29) is 5.78 Å². The van der Waals surface area contributed by atoms with E-state index >= 15 is 0 Å². The molecule has 0 atom stereocenters. The van der Waals surface area contributed by atoms with Gasteiger partial charge in [0.15, 0.2) is 5.78 Å². The van der Waals surface area contributed by atoms with E-state index in [0.717, 1.165) is 35.1 Å². The molecule has 0 aliphatic heterocycles. The molecule has 0 bridgehead atoms. The lowest BCUT2D eigenvalue weighted by molar-refractivity contribution is 0.0525. The lowest BCUT2D eigenvalue weighted by atomic mass is 9.88. The van der Waals surface area contributed by atoms with E-state index in [1.165, 1.54) is 0 Å². The van der Waals surface area contributed by atoms with Crippen LogP contribution >= 0.6 is 0 Å². The Morgan fingerprint density at radius 2 is 2.08 bits per heavy atom. The Morgan fingerprint density at radius 3 is 2.85 bits per heavy atom. The zero-order chi connectivity index (χ0) is 18.7. The molecule has 0 unspecified atom stereocenters. The van der Waals surface area contributed by atoms with Gasteiger partial charge < -0.3 is 10.1 Å². The number of aromatic nitrogens is 2. The maximum atomic E-state index is 12.1. The van der Waals surface area contributed by atoms with Crippen LogP contribution < -0.4 is 5.32 Å². The van der Waals surface area contributed by atoms with E-state index in [0.29, 0.717) is 19.5 Å². The fraction of sp³-hybridized carbons (Fsp3) is 0.450. The number of nitrogens with one attached hydrogen (secondary N) is 1. The summed E-state index contributed by atoms with van der Waals surface area (Å²) in [4.78, 5) is 23.8. The molecule has 2 aromatic rings. The predicted octanol–water partition coefficient (Wildman–Crippen LogP) is 3.59. The Labute approximate surface area is 153 Å². The number of Topliss-reactive ketones (excluding diaryl/α,β-unsaturated/α-hetero) is 1. The van der Waals surface area contributed by atoms with Crippen molar-refractivity contribution in [3.8, 4) is 11.1 Å². The number of ether oxygens (including phenoxy) is 1. The maximum absolute atomic E-state index is 12.1. The number of carbonyl (C=O) groups excluding carboxylic acids is 2. The minimum atomic E-state index is -0.507. The summed E-state index contributed by atoms with van der Waals surface area (Å²) in [7, 11) is 0. The summed E-state index contributed by atoms with van der Waals surface area (Å²) in [6.07, 6.45) is 5.81. The highest BCUT2D eigenvalue weighted by Gasteiger charge is 2.18. The van der Waals surface area contributed by atoms with E-state index in [1.807, 2.05) is 45.2 Å². The van der Waals surface area contributed by atoms with Gasteiger partial charge in [0.25, 0.3) is 0 Å². The van der Waals surface area contributed by atoms with E-state index in [4.69, 9.17) is 4.74 Å². The second kappa shape index (κ2) is 7.32. The first-order valence-corrected chi connectivity index (χ1v) is 8.98. The lowest BCUT2D eigenvalue weighted by Crippen LogP contribution is -2.34. The van der Waals surface area contributed by atoms with Crippen molar-refractivity contribution in [2.45, 2.75) is 52.2 Å². The van der Waals surface area contributed by atoms with Crippen LogP contribution in [0.5, 0.6) is 0 Å². The first-order valence-electron chi connectivity index (χ1n) is 8.98. The molecule has 6 heteroatoms. The first-order chi connectivity index (χ1) is 12.3. The van der Waals surface area contributed by atoms with E-state index in [1.54, 1.807) is 10.9 Å². The first kappa shape index (κ1) is 18.2. The molecular formula is C20H25N3O3. The van der Waals surface area contributed by atoms with Crippen molar-refractivity contribution in [3.05, 3.63) is 41.7 Å². The third kappa shape index (κ3) is 4.50. The molecule has 1 N–H and O–H groups in total. The van der Waals surface area contributed by atoms with Gasteiger partial charge in [-0.25, -0.2) is 4.79 Å². The molecule has 0 radical (unpaired) electrons. The van der Waals surface area contributed by atoms with Crippen LogP contribution in [0.25, 0.3) is 11.1 Å². The number of ketones is 1. The normalized spacial score (nSPS) is 14.0. The highest BCUT2D eigenvalue weighted by Crippen LogP contribution is 2.27. The molecule has 1 aromatic heterocycles. The van der Waals surface area contributed by atoms with Crippen molar-refractivity contribution < 1.29 is 14.3 Å². The Balaban J connectivity index is 1.61. The molecule has 3 rings (SSSR count). The molecule has 1 aliphatic rings. The summed E-state index contributed by atoms with van der Waals surface area (Å²) in [6, 6.07) is 6.05. The number of aryl methyl sites for hydroxylation is 1.